The molecule has 0 radical (unpaired) electrons. The van der Waals surface area contributed by atoms with Crippen molar-refractivity contribution in [2.24, 2.45) is 5.92 Å². The number of alkyl halides is 1. The minimum Gasteiger partial charge on any atom is -0.284 e. The number of sulfonamides is 1. The van der Waals surface area contributed by atoms with E-state index in [0.29, 0.717) is 11.6 Å². The first kappa shape index (κ1) is 13.3. The van der Waals surface area contributed by atoms with Crippen molar-refractivity contribution in [3.63, 3.8) is 0 Å². The number of anilines is 1. The molecule has 5 heteroatoms. The molecule has 0 heterocycles. The Morgan fingerprint density at radius 3 is 2.62 bits per heavy atom. The van der Waals surface area contributed by atoms with Gasteiger partial charge in [0.25, 0.3) is 0 Å². The summed E-state index contributed by atoms with van der Waals surface area (Å²) in [4.78, 5) is 0. The van der Waals surface area contributed by atoms with Crippen molar-refractivity contribution in [3.8, 4) is 0 Å². The van der Waals surface area contributed by atoms with Gasteiger partial charge in [-0.2, -0.15) is 0 Å². The minimum atomic E-state index is -3.25. The molecule has 0 aliphatic heterocycles. The Balaban J connectivity index is 2.80. The first-order chi connectivity index (χ1) is 7.43. The lowest BCUT2D eigenvalue weighted by atomic mass is 10.2. The highest BCUT2D eigenvalue weighted by Crippen LogP contribution is 2.14. The van der Waals surface area contributed by atoms with E-state index in [0.717, 1.165) is 5.56 Å². The Labute approximate surface area is 102 Å². The molecule has 0 spiro atoms. The second-order valence-corrected chi connectivity index (χ2v) is 6.15. The number of rotatable bonds is 5. The van der Waals surface area contributed by atoms with Crippen LogP contribution in [-0.4, -0.2) is 14.2 Å². The van der Waals surface area contributed by atoms with Gasteiger partial charge in [-0.1, -0.05) is 26.0 Å². The predicted octanol–water partition coefficient (Wildman–Crippen LogP) is 2.82. The van der Waals surface area contributed by atoms with Crippen LogP contribution < -0.4 is 4.72 Å². The molecule has 0 amide bonds. The number of benzene rings is 1. The summed E-state index contributed by atoms with van der Waals surface area (Å²) in [7, 11) is -3.25. The molecular formula is C11H16ClNO2S. The zero-order valence-electron chi connectivity index (χ0n) is 9.40. The van der Waals surface area contributed by atoms with E-state index < -0.39 is 10.0 Å². The molecule has 0 saturated heterocycles. The van der Waals surface area contributed by atoms with Gasteiger partial charge in [0.2, 0.25) is 10.0 Å². The van der Waals surface area contributed by atoms with Crippen LogP contribution in [0.5, 0.6) is 0 Å². The largest absolute Gasteiger partial charge is 0.284 e. The standard InChI is InChI=1S/C11H16ClNO2S/c1-9(2)8-16(14,15)13-11-5-3-4-10(6-11)7-12/h3-6,9,13H,7-8H2,1-2H3. The molecule has 1 rings (SSSR count). The monoisotopic (exact) mass is 261 g/mol. The number of hydrogen-bond acceptors (Lipinski definition) is 2. The molecule has 90 valence electrons. The molecule has 0 fully saturated rings. The SMILES string of the molecule is CC(C)CS(=O)(=O)Nc1cccc(CCl)c1. The Bertz CT molecular complexity index is 443. The van der Waals surface area contributed by atoms with Crippen LogP contribution in [0.4, 0.5) is 5.69 Å². The summed E-state index contributed by atoms with van der Waals surface area (Å²) in [5.74, 6) is 0.603. The maximum Gasteiger partial charge on any atom is 0.232 e. The van der Waals surface area contributed by atoms with Gasteiger partial charge in [-0.05, 0) is 23.6 Å². The van der Waals surface area contributed by atoms with Crippen LogP contribution in [-0.2, 0) is 15.9 Å². The van der Waals surface area contributed by atoms with E-state index in [9.17, 15) is 8.42 Å². The van der Waals surface area contributed by atoms with E-state index in [-0.39, 0.29) is 11.7 Å². The molecule has 0 bridgehead atoms. The lowest BCUT2D eigenvalue weighted by molar-refractivity contribution is 0.587. The molecule has 1 N–H and O–H groups in total. The van der Waals surface area contributed by atoms with Gasteiger partial charge in [-0.15, -0.1) is 11.6 Å². The Kier molecular flexibility index (Phi) is 4.62. The van der Waals surface area contributed by atoms with Crippen LogP contribution in [0, 0.1) is 5.92 Å². The summed E-state index contributed by atoms with van der Waals surface area (Å²) in [6, 6.07) is 7.09. The molecule has 0 aliphatic carbocycles. The number of nitrogens with one attached hydrogen (secondary N) is 1. The highest BCUT2D eigenvalue weighted by Gasteiger charge is 2.12. The van der Waals surface area contributed by atoms with Crippen LogP contribution in [0.25, 0.3) is 0 Å². The summed E-state index contributed by atoms with van der Waals surface area (Å²) < 4.78 is 25.9. The van der Waals surface area contributed by atoms with E-state index in [1.807, 2.05) is 19.9 Å². The van der Waals surface area contributed by atoms with Gasteiger partial charge >= 0.3 is 0 Å². The van der Waals surface area contributed by atoms with Crippen LogP contribution in [0.15, 0.2) is 24.3 Å². The van der Waals surface area contributed by atoms with E-state index >= 15 is 0 Å². The third-order valence-corrected chi connectivity index (χ3v) is 3.87. The highest BCUT2D eigenvalue weighted by molar-refractivity contribution is 7.92. The van der Waals surface area contributed by atoms with Gasteiger partial charge in [0, 0.05) is 11.6 Å². The summed E-state index contributed by atoms with van der Waals surface area (Å²) in [6.07, 6.45) is 0. The molecule has 1 aromatic carbocycles. The second kappa shape index (κ2) is 5.55. The fourth-order valence-corrected chi connectivity index (χ4v) is 2.99. The van der Waals surface area contributed by atoms with Gasteiger partial charge in [0.05, 0.1) is 5.75 Å². The quantitative estimate of drug-likeness (QED) is 0.829. The Morgan fingerprint density at radius 2 is 2.06 bits per heavy atom. The first-order valence-electron chi connectivity index (χ1n) is 5.08. The van der Waals surface area contributed by atoms with Crippen molar-refractivity contribution in [1.82, 2.24) is 0 Å². The van der Waals surface area contributed by atoms with Gasteiger partial charge in [-0.3, -0.25) is 4.72 Å². The molecule has 3 nitrogen and oxygen atoms in total. The number of hydrogen-bond donors (Lipinski definition) is 1. The molecule has 0 aliphatic rings. The highest BCUT2D eigenvalue weighted by atomic mass is 35.5. The van der Waals surface area contributed by atoms with E-state index in [1.54, 1.807) is 18.2 Å². The van der Waals surface area contributed by atoms with Crippen LogP contribution in [0.1, 0.15) is 19.4 Å². The van der Waals surface area contributed by atoms with Gasteiger partial charge in [-0.25, -0.2) is 8.42 Å². The van der Waals surface area contributed by atoms with Crippen molar-refractivity contribution < 1.29 is 8.42 Å². The van der Waals surface area contributed by atoms with Crippen molar-refractivity contribution >= 4 is 27.3 Å². The van der Waals surface area contributed by atoms with E-state index in [4.69, 9.17) is 11.6 Å². The predicted molar refractivity (Wildman–Crippen MR) is 68.2 cm³/mol. The number of halogens is 1. The molecule has 1 aromatic rings. The topological polar surface area (TPSA) is 46.2 Å². The fraction of sp³-hybridized carbons (Fsp3) is 0.455. The van der Waals surface area contributed by atoms with Gasteiger partial charge in [0.1, 0.15) is 0 Å². The molecular weight excluding hydrogens is 246 g/mol. The third-order valence-electron chi connectivity index (χ3n) is 1.91. The third kappa shape index (κ3) is 4.41. The van der Waals surface area contributed by atoms with Crippen molar-refractivity contribution in [3.05, 3.63) is 29.8 Å². The van der Waals surface area contributed by atoms with Crippen LogP contribution >= 0.6 is 11.6 Å². The van der Waals surface area contributed by atoms with Crippen molar-refractivity contribution in [2.45, 2.75) is 19.7 Å². The maximum atomic E-state index is 11.7. The smallest absolute Gasteiger partial charge is 0.232 e. The summed E-state index contributed by atoms with van der Waals surface area (Å²) in [6.45, 7) is 3.74. The minimum absolute atomic E-state index is 0.105. The zero-order chi connectivity index (χ0) is 12.2. The van der Waals surface area contributed by atoms with Crippen LogP contribution in [0.3, 0.4) is 0 Å². The summed E-state index contributed by atoms with van der Waals surface area (Å²) >= 11 is 5.68. The fourth-order valence-electron chi connectivity index (χ4n) is 1.38. The molecule has 16 heavy (non-hydrogen) atoms. The maximum absolute atomic E-state index is 11.7. The average molecular weight is 262 g/mol. The van der Waals surface area contributed by atoms with E-state index in [2.05, 4.69) is 4.72 Å². The summed E-state index contributed by atoms with van der Waals surface area (Å²) in [5, 5.41) is 0. The Hall–Kier alpha value is -0.740. The molecule has 0 aromatic heterocycles. The second-order valence-electron chi connectivity index (χ2n) is 4.11. The van der Waals surface area contributed by atoms with Crippen molar-refractivity contribution in [2.75, 3.05) is 10.5 Å². The molecule has 0 unspecified atom stereocenters. The van der Waals surface area contributed by atoms with Gasteiger partial charge in [0.15, 0.2) is 0 Å². The Morgan fingerprint density at radius 1 is 1.38 bits per heavy atom. The average Bonchev–Trinajstić information content (AvgIpc) is 2.15. The zero-order valence-corrected chi connectivity index (χ0v) is 11.0. The molecule has 0 saturated carbocycles. The summed E-state index contributed by atoms with van der Waals surface area (Å²) in [5.41, 5.74) is 1.46. The van der Waals surface area contributed by atoms with E-state index in [1.165, 1.54) is 0 Å². The lowest BCUT2D eigenvalue weighted by Crippen LogP contribution is -2.20. The lowest BCUT2D eigenvalue weighted by Gasteiger charge is -2.10. The van der Waals surface area contributed by atoms with Gasteiger partial charge < -0.3 is 0 Å². The van der Waals surface area contributed by atoms with Crippen LogP contribution in [0.2, 0.25) is 0 Å². The first-order valence-corrected chi connectivity index (χ1v) is 7.27. The normalized spacial score (nSPS) is 11.8. The molecule has 0 atom stereocenters. The van der Waals surface area contributed by atoms with Crippen molar-refractivity contribution in [1.29, 1.82) is 0 Å².